The Labute approximate surface area is 137 Å². The first-order valence-electron chi connectivity index (χ1n) is 8.57. The Morgan fingerprint density at radius 3 is 2.61 bits per heavy atom. The number of carbonyl (C=O) groups excluding carboxylic acids is 2. The van der Waals surface area contributed by atoms with Crippen LogP contribution in [0.5, 0.6) is 0 Å². The van der Waals surface area contributed by atoms with Crippen molar-refractivity contribution in [2.45, 2.75) is 63.7 Å². The van der Waals surface area contributed by atoms with Crippen LogP contribution in [0.1, 0.15) is 45.4 Å². The fourth-order valence-corrected chi connectivity index (χ4v) is 3.27. The molecule has 0 spiro atoms. The summed E-state index contributed by atoms with van der Waals surface area (Å²) in [5.41, 5.74) is 0. The summed E-state index contributed by atoms with van der Waals surface area (Å²) in [7, 11) is 0. The summed E-state index contributed by atoms with van der Waals surface area (Å²) in [6.45, 7) is 1.97. The van der Waals surface area contributed by atoms with Crippen molar-refractivity contribution < 1.29 is 19.4 Å². The molecule has 6 nitrogen and oxygen atoms in total. The zero-order chi connectivity index (χ0) is 16.7. The standard InChI is InChI=1S/C17H28N2O4/c1-12(21)19-15-8-7-14(23-16(15)11-20)9-17(22)18-10-13-5-3-2-4-6-13/h7-8,13-16,20H,2-6,9-11H2,1H3,(H,18,22)(H,19,21)/t14-,15+,16-/m0/s1. The fraction of sp³-hybridized carbons (Fsp3) is 0.765. The summed E-state index contributed by atoms with van der Waals surface area (Å²) in [6, 6.07) is -0.348. The minimum absolute atomic E-state index is 0.0279. The first-order valence-corrected chi connectivity index (χ1v) is 8.57. The number of nitrogens with one attached hydrogen (secondary N) is 2. The van der Waals surface area contributed by atoms with E-state index in [0.29, 0.717) is 5.92 Å². The lowest BCUT2D eigenvalue weighted by Gasteiger charge is -2.31. The number of hydrogen-bond donors (Lipinski definition) is 3. The van der Waals surface area contributed by atoms with Crippen LogP contribution in [0.25, 0.3) is 0 Å². The smallest absolute Gasteiger partial charge is 0.222 e. The van der Waals surface area contributed by atoms with Crippen LogP contribution in [-0.2, 0) is 14.3 Å². The van der Waals surface area contributed by atoms with Crippen LogP contribution < -0.4 is 10.6 Å². The molecule has 1 heterocycles. The summed E-state index contributed by atoms with van der Waals surface area (Å²) in [6.07, 6.45) is 9.18. The van der Waals surface area contributed by atoms with E-state index in [1.807, 2.05) is 0 Å². The predicted molar refractivity (Wildman–Crippen MR) is 86.7 cm³/mol. The van der Waals surface area contributed by atoms with Gasteiger partial charge in [-0.25, -0.2) is 0 Å². The summed E-state index contributed by atoms with van der Waals surface area (Å²) in [4.78, 5) is 23.2. The number of amides is 2. The molecule has 3 atom stereocenters. The molecule has 2 rings (SSSR count). The topological polar surface area (TPSA) is 87.7 Å². The average Bonchev–Trinajstić information content (AvgIpc) is 2.55. The molecule has 23 heavy (non-hydrogen) atoms. The summed E-state index contributed by atoms with van der Waals surface area (Å²) in [5.74, 6) is 0.398. The first kappa shape index (κ1) is 17.9. The number of carbonyl (C=O) groups is 2. The second-order valence-electron chi connectivity index (χ2n) is 6.52. The molecule has 0 radical (unpaired) electrons. The highest BCUT2D eigenvalue weighted by Crippen LogP contribution is 2.23. The minimum atomic E-state index is -0.514. The van der Waals surface area contributed by atoms with Crippen LogP contribution in [0, 0.1) is 5.92 Å². The third-order valence-electron chi connectivity index (χ3n) is 4.53. The molecule has 1 fully saturated rings. The second kappa shape index (κ2) is 9.03. The number of aliphatic hydroxyl groups is 1. The van der Waals surface area contributed by atoms with Crippen LogP contribution in [0.3, 0.4) is 0 Å². The fourth-order valence-electron chi connectivity index (χ4n) is 3.27. The van der Waals surface area contributed by atoms with E-state index in [1.54, 1.807) is 12.2 Å². The highest BCUT2D eigenvalue weighted by Gasteiger charge is 2.28. The van der Waals surface area contributed by atoms with E-state index in [0.717, 1.165) is 6.54 Å². The molecule has 130 valence electrons. The summed E-state index contributed by atoms with van der Waals surface area (Å²) in [5, 5.41) is 15.1. The molecule has 2 amide bonds. The van der Waals surface area contributed by atoms with Crippen molar-refractivity contribution in [1.29, 1.82) is 0 Å². The van der Waals surface area contributed by atoms with Crippen molar-refractivity contribution in [3.8, 4) is 0 Å². The van der Waals surface area contributed by atoms with Gasteiger partial charge in [0.1, 0.15) is 6.10 Å². The number of hydrogen-bond acceptors (Lipinski definition) is 4. The first-order chi connectivity index (χ1) is 11.1. The van der Waals surface area contributed by atoms with Gasteiger partial charge in [0.05, 0.1) is 25.2 Å². The largest absolute Gasteiger partial charge is 0.394 e. The van der Waals surface area contributed by atoms with Gasteiger partial charge in [-0.2, -0.15) is 0 Å². The van der Waals surface area contributed by atoms with Crippen molar-refractivity contribution in [2.75, 3.05) is 13.2 Å². The van der Waals surface area contributed by atoms with Gasteiger partial charge in [-0.3, -0.25) is 9.59 Å². The van der Waals surface area contributed by atoms with Crippen LogP contribution in [0.15, 0.2) is 12.2 Å². The molecule has 0 bridgehead atoms. The lowest BCUT2D eigenvalue weighted by atomic mass is 9.89. The maximum atomic E-state index is 12.1. The van der Waals surface area contributed by atoms with Crippen molar-refractivity contribution in [2.24, 2.45) is 5.92 Å². The molecule has 1 aliphatic carbocycles. The Bertz CT molecular complexity index is 432. The van der Waals surface area contributed by atoms with Crippen LogP contribution in [-0.4, -0.2) is 48.3 Å². The van der Waals surface area contributed by atoms with Crippen molar-refractivity contribution in [3.63, 3.8) is 0 Å². The molecular formula is C17H28N2O4. The van der Waals surface area contributed by atoms with Gasteiger partial charge >= 0.3 is 0 Å². The summed E-state index contributed by atoms with van der Waals surface area (Å²) < 4.78 is 5.70. The average molecular weight is 324 g/mol. The second-order valence-corrected chi connectivity index (χ2v) is 6.52. The molecule has 1 saturated carbocycles. The van der Waals surface area contributed by atoms with Gasteiger partial charge in [0, 0.05) is 13.5 Å². The molecule has 1 aliphatic heterocycles. The van der Waals surface area contributed by atoms with Gasteiger partial charge in [-0.1, -0.05) is 31.4 Å². The molecule has 0 aromatic rings. The van der Waals surface area contributed by atoms with Gasteiger partial charge in [0.25, 0.3) is 0 Å². The van der Waals surface area contributed by atoms with Crippen molar-refractivity contribution in [1.82, 2.24) is 10.6 Å². The van der Waals surface area contributed by atoms with E-state index < -0.39 is 6.10 Å². The lowest BCUT2D eigenvalue weighted by Crippen LogP contribution is -2.48. The van der Waals surface area contributed by atoms with E-state index in [9.17, 15) is 14.7 Å². The van der Waals surface area contributed by atoms with Gasteiger partial charge < -0.3 is 20.5 Å². The minimum Gasteiger partial charge on any atom is -0.394 e. The van der Waals surface area contributed by atoms with Gasteiger partial charge in [-0.05, 0) is 18.8 Å². The van der Waals surface area contributed by atoms with Crippen LogP contribution >= 0.6 is 0 Å². The normalized spacial score (nSPS) is 28.3. The molecule has 0 aromatic heterocycles. The monoisotopic (exact) mass is 324 g/mol. The van der Waals surface area contributed by atoms with Crippen LogP contribution in [0.4, 0.5) is 0 Å². The van der Waals surface area contributed by atoms with Crippen LogP contribution in [0.2, 0.25) is 0 Å². The van der Waals surface area contributed by atoms with Crippen molar-refractivity contribution in [3.05, 3.63) is 12.2 Å². The third kappa shape index (κ3) is 5.95. The SMILES string of the molecule is CC(=O)N[C@@H]1C=C[C@@H](CC(=O)NCC2CCCCC2)O[C@H]1CO. The van der Waals surface area contributed by atoms with E-state index in [2.05, 4.69) is 10.6 Å². The van der Waals surface area contributed by atoms with E-state index in [-0.39, 0.29) is 37.0 Å². The molecular weight excluding hydrogens is 296 g/mol. The number of ether oxygens (including phenoxy) is 1. The maximum Gasteiger partial charge on any atom is 0.222 e. The Morgan fingerprint density at radius 2 is 1.96 bits per heavy atom. The highest BCUT2D eigenvalue weighted by atomic mass is 16.5. The molecule has 6 heteroatoms. The predicted octanol–water partition coefficient (Wildman–Crippen LogP) is 0.894. The van der Waals surface area contributed by atoms with Gasteiger partial charge in [-0.15, -0.1) is 0 Å². The molecule has 0 saturated heterocycles. The van der Waals surface area contributed by atoms with Gasteiger partial charge in [0.15, 0.2) is 0 Å². The number of rotatable bonds is 6. The van der Waals surface area contributed by atoms with E-state index >= 15 is 0 Å². The van der Waals surface area contributed by atoms with E-state index in [1.165, 1.54) is 39.0 Å². The van der Waals surface area contributed by atoms with E-state index in [4.69, 9.17) is 4.74 Å². The Kier molecular flexibility index (Phi) is 7.05. The zero-order valence-corrected chi connectivity index (χ0v) is 13.8. The zero-order valence-electron chi connectivity index (χ0n) is 13.8. The molecule has 0 unspecified atom stereocenters. The summed E-state index contributed by atoms with van der Waals surface area (Å²) >= 11 is 0. The van der Waals surface area contributed by atoms with Crippen molar-refractivity contribution >= 4 is 11.8 Å². The highest BCUT2D eigenvalue weighted by molar-refractivity contribution is 5.76. The lowest BCUT2D eigenvalue weighted by molar-refractivity contribution is -0.127. The van der Waals surface area contributed by atoms with Gasteiger partial charge in [0.2, 0.25) is 11.8 Å². The molecule has 3 N–H and O–H groups in total. The Morgan fingerprint density at radius 1 is 1.22 bits per heavy atom. The third-order valence-corrected chi connectivity index (χ3v) is 4.53. The quantitative estimate of drug-likeness (QED) is 0.633. The molecule has 0 aromatic carbocycles. The number of aliphatic hydroxyl groups excluding tert-OH is 1. The Balaban J connectivity index is 1.76. The Hall–Kier alpha value is -1.40. The molecule has 2 aliphatic rings. The maximum absolute atomic E-state index is 12.1.